The summed E-state index contributed by atoms with van der Waals surface area (Å²) >= 11 is 0. The summed E-state index contributed by atoms with van der Waals surface area (Å²) in [4.78, 5) is 25.3. The highest BCUT2D eigenvalue weighted by molar-refractivity contribution is 5.94. The number of ether oxygens (including phenoxy) is 2. The summed E-state index contributed by atoms with van der Waals surface area (Å²) in [5.74, 6) is -0.173. The number of nitrogens with one attached hydrogen (secondary N) is 1. The molecule has 7 heteroatoms. The van der Waals surface area contributed by atoms with Crippen molar-refractivity contribution in [2.45, 2.75) is 0 Å². The van der Waals surface area contributed by atoms with Crippen LogP contribution < -0.4 is 14.8 Å². The number of hydrogen-bond donors (Lipinski definition) is 1. The van der Waals surface area contributed by atoms with Crippen molar-refractivity contribution in [1.82, 2.24) is 4.90 Å². The zero-order valence-electron chi connectivity index (χ0n) is 14.0. The van der Waals surface area contributed by atoms with Gasteiger partial charge in [0.15, 0.2) is 18.1 Å². The molecule has 0 atom stereocenters. The minimum Gasteiger partial charge on any atom is -0.493 e. The van der Waals surface area contributed by atoms with Crippen LogP contribution in [-0.4, -0.2) is 44.0 Å². The molecule has 0 aliphatic rings. The molecule has 1 N–H and O–H groups in total. The molecular formula is C18H19FN2O4. The third-order valence-electron chi connectivity index (χ3n) is 3.35. The summed E-state index contributed by atoms with van der Waals surface area (Å²) in [6.07, 6.45) is 0. The summed E-state index contributed by atoms with van der Waals surface area (Å²) in [6.45, 7) is -0.369. The first-order valence-electron chi connectivity index (χ1n) is 7.55. The van der Waals surface area contributed by atoms with Gasteiger partial charge in [0.1, 0.15) is 5.82 Å². The Hall–Kier alpha value is -3.09. The zero-order valence-corrected chi connectivity index (χ0v) is 14.0. The lowest BCUT2D eigenvalue weighted by molar-refractivity contribution is -0.135. The maximum absolute atomic E-state index is 12.8. The number of carbonyl (C=O) groups is 2. The maximum atomic E-state index is 12.8. The summed E-state index contributed by atoms with van der Waals surface area (Å²) in [6, 6.07) is 12.3. The first-order chi connectivity index (χ1) is 12.0. The number of rotatable bonds is 7. The summed E-state index contributed by atoms with van der Waals surface area (Å²) < 4.78 is 23.4. The van der Waals surface area contributed by atoms with Crippen molar-refractivity contribution in [1.29, 1.82) is 0 Å². The monoisotopic (exact) mass is 346 g/mol. The first-order valence-corrected chi connectivity index (χ1v) is 7.55. The van der Waals surface area contributed by atoms with Crippen LogP contribution >= 0.6 is 0 Å². The van der Waals surface area contributed by atoms with Gasteiger partial charge in [-0.3, -0.25) is 9.59 Å². The van der Waals surface area contributed by atoms with E-state index in [1.54, 1.807) is 24.3 Å². The Bertz CT molecular complexity index is 734. The summed E-state index contributed by atoms with van der Waals surface area (Å²) in [5.41, 5.74) is 0.456. The number of benzene rings is 2. The number of methoxy groups -OCH3 is 1. The largest absolute Gasteiger partial charge is 0.493 e. The lowest BCUT2D eigenvalue weighted by atomic mass is 10.3. The van der Waals surface area contributed by atoms with Crippen LogP contribution in [0.2, 0.25) is 0 Å². The zero-order chi connectivity index (χ0) is 18.2. The highest BCUT2D eigenvalue weighted by Gasteiger charge is 2.15. The quantitative estimate of drug-likeness (QED) is 0.835. The fraction of sp³-hybridized carbons (Fsp3) is 0.222. The van der Waals surface area contributed by atoms with Crippen molar-refractivity contribution in [3.8, 4) is 11.5 Å². The van der Waals surface area contributed by atoms with Gasteiger partial charge in [-0.25, -0.2) is 4.39 Å². The van der Waals surface area contributed by atoms with Crippen molar-refractivity contribution in [2.75, 3.05) is 32.6 Å². The predicted molar refractivity (Wildman–Crippen MR) is 91.2 cm³/mol. The second-order valence-corrected chi connectivity index (χ2v) is 5.24. The number of carbonyl (C=O) groups excluding carboxylic acids is 2. The van der Waals surface area contributed by atoms with Crippen LogP contribution in [0.4, 0.5) is 10.1 Å². The van der Waals surface area contributed by atoms with Crippen LogP contribution in [0.3, 0.4) is 0 Å². The fourth-order valence-electron chi connectivity index (χ4n) is 2.03. The Labute approximate surface area is 145 Å². The molecule has 2 rings (SSSR count). The number of hydrogen-bond acceptors (Lipinski definition) is 4. The highest BCUT2D eigenvalue weighted by atomic mass is 19.1. The van der Waals surface area contributed by atoms with E-state index >= 15 is 0 Å². The van der Waals surface area contributed by atoms with Crippen LogP contribution in [0.15, 0.2) is 48.5 Å². The van der Waals surface area contributed by atoms with E-state index in [0.717, 1.165) is 0 Å². The Kier molecular flexibility index (Phi) is 6.33. The van der Waals surface area contributed by atoms with Crippen molar-refractivity contribution in [3.05, 3.63) is 54.3 Å². The smallest absolute Gasteiger partial charge is 0.260 e. The average molecular weight is 346 g/mol. The number of halogens is 1. The molecule has 0 aliphatic heterocycles. The van der Waals surface area contributed by atoms with Crippen molar-refractivity contribution < 1.29 is 23.5 Å². The van der Waals surface area contributed by atoms with E-state index in [2.05, 4.69) is 5.32 Å². The lowest BCUT2D eigenvalue weighted by Crippen LogP contribution is -2.37. The van der Waals surface area contributed by atoms with Crippen molar-refractivity contribution in [3.63, 3.8) is 0 Å². The Morgan fingerprint density at radius 2 is 1.72 bits per heavy atom. The number of nitrogens with zero attached hydrogens (tertiary/aromatic N) is 1. The lowest BCUT2D eigenvalue weighted by Gasteiger charge is -2.17. The van der Waals surface area contributed by atoms with Crippen LogP contribution in [0, 0.1) is 5.82 Å². The minimum atomic E-state index is -0.390. The molecule has 0 radical (unpaired) electrons. The van der Waals surface area contributed by atoms with Gasteiger partial charge >= 0.3 is 0 Å². The van der Waals surface area contributed by atoms with Crippen LogP contribution in [-0.2, 0) is 9.59 Å². The molecule has 132 valence electrons. The van der Waals surface area contributed by atoms with E-state index in [-0.39, 0.29) is 25.0 Å². The van der Waals surface area contributed by atoms with Crippen LogP contribution in [0.25, 0.3) is 0 Å². The Morgan fingerprint density at radius 1 is 1.08 bits per heavy atom. The Balaban J connectivity index is 1.83. The molecule has 0 unspecified atom stereocenters. The molecule has 0 saturated carbocycles. The summed E-state index contributed by atoms with van der Waals surface area (Å²) in [7, 11) is 3.01. The van der Waals surface area contributed by atoms with Crippen molar-refractivity contribution >= 4 is 17.5 Å². The van der Waals surface area contributed by atoms with Gasteiger partial charge in [-0.15, -0.1) is 0 Å². The van der Waals surface area contributed by atoms with Gasteiger partial charge in [0.25, 0.3) is 5.91 Å². The molecular weight excluding hydrogens is 327 g/mol. The van der Waals surface area contributed by atoms with Crippen LogP contribution in [0.5, 0.6) is 11.5 Å². The van der Waals surface area contributed by atoms with Gasteiger partial charge in [0.05, 0.1) is 13.7 Å². The number of anilines is 1. The van der Waals surface area contributed by atoms with E-state index in [1.807, 2.05) is 0 Å². The van der Waals surface area contributed by atoms with Gasteiger partial charge in [-0.2, -0.15) is 0 Å². The summed E-state index contributed by atoms with van der Waals surface area (Å²) in [5, 5.41) is 2.59. The number of para-hydroxylation sites is 2. The molecule has 2 aromatic rings. The normalized spacial score (nSPS) is 10.0. The predicted octanol–water partition coefficient (Wildman–Crippen LogP) is 2.31. The van der Waals surface area contributed by atoms with E-state index in [1.165, 1.54) is 43.3 Å². The number of likely N-dealkylation sites (N-methyl/N-ethyl adjacent to an activating group) is 1. The maximum Gasteiger partial charge on any atom is 0.260 e. The molecule has 0 heterocycles. The molecule has 25 heavy (non-hydrogen) atoms. The second-order valence-electron chi connectivity index (χ2n) is 5.24. The molecule has 6 nitrogen and oxygen atoms in total. The molecule has 0 bridgehead atoms. The van der Waals surface area contributed by atoms with Crippen molar-refractivity contribution in [2.24, 2.45) is 0 Å². The van der Waals surface area contributed by atoms with Gasteiger partial charge in [-0.1, -0.05) is 12.1 Å². The molecule has 0 saturated heterocycles. The fourth-order valence-corrected chi connectivity index (χ4v) is 2.03. The van der Waals surface area contributed by atoms with E-state index in [0.29, 0.717) is 17.2 Å². The molecule has 0 spiro atoms. The second kappa shape index (κ2) is 8.68. The SMILES string of the molecule is COc1ccccc1OCC(=O)N(C)CC(=O)Nc1ccc(F)cc1. The highest BCUT2D eigenvalue weighted by Crippen LogP contribution is 2.25. The average Bonchev–Trinajstić information content (AvgIpc) is 2.61. The third kappa shape index (κ3) is 5.49. The van der Waals surface area contributed by atoms with Crippen LogP contribution in [0.1, 0.15) is 0 Å². The standard InChI is InChI=1S/C18H19FN2O4/c1-21(11-17(22)20-14-9-7-13(19)8-10-14)18(23)12-25-16-6-4-3-5-15(16)24-2/h3-10H,11-12H2,1-2H3,(H,20,22). The minimum absolute atomic E-state index is 0.147. The molecule has 0 fully saturated rings. The van der Waals surface area contributed by atoms with E-state index in [4.69, 9.17) is 9.47 Å². The van der Waals surface area contributed by atoms with E-state index in [9.17, 15) is 14.0 Å². The van der Waals surface area contributed by atoms with Gasteiger partial charge < -0.3 is 19.7 Å². The van der Waals surface area contributed by atoms with Gasteiger partial charge in [0.2, 0.25) is 5.91 Å². The number of amides is 2. The Morgan fingerprint density at radius 3 is 2.36 bits per heavy atom. The third-order valence-corrected chi connectivity index (χ3v) is 3.35. The van der Waals surface area contributed by atoms with Gasteiger partial charge in [-0.05, 0) is 36.4 Å². The topological polar surface area (TPSA) is 67.9 Å². The first kappa shape index (κ1) is 18.3. The molecule has 2 aromatic carbocycles. The van der Waals surface area contributed by atoms with Gasteiger partial charge in [0, 0.05) is 12.7 Å². The molecule has 0 aliphatic carbocycles. The van der Waals surface area contributed by atoms with E-state index < -0.39 is 5.82 Å². The molecule has 0 aromatic heterocycles. The molecule has 2 amide bonds.